The zero-order valence-electron chi connectivity index (χ0n) is 9.69. The van der Waals surface area contributed by atoms with E-state index in [0.717, 1.165) is 4.90 Å². The Hall–Kier alpha value is -1.07. The Morgan fingerprint density at radius 1 is 1.56 bits per heavy atom. The number of aromatic nitrogens is 1. The fraction of sp³-hybridized carbons (Fsp3) is 0.455. The molecule has 0 aliphatic carbocycles. The molecule has 1 rings (SSSR count). The Balaban J connectivity index is 2.62. The molecule has 1 aromatic heterocycles. The normalized spacial score (nSPS) is 14.2. The van der Waals surface area contributed by atoms with Crippen molar-refractivity contribution in [1.29, 1.82) is 0 Å². The van der Waals surface area contributed by atoms with Crippen molar-refractivity contribution in [2.24, 2.45) is 0 Å². The van der Waals surface area contributed by atoms with Gasteiger partial charge in [0.1, 0.15) is 5.54 Å². The van der Waals surface area contributed by atoms with Crippen LogP contribution in [0.2, 0.25) is 0 Å². The first kappa shape index (κ1) is 13.0. The van der Waals surface area contributed by atoms with Crippen molar-refractivity contribution in [3.8, 4) is 0 Å². The fourth-order valence-corrected chi connectivity index (χ4v) is 2.15. The Morgan fingerprint density at radius 2 is 2.19 bits per heavy atom. The van der Waals surface area contributed by atoms with Gasteiger partial charge in [-0.05, 0) is 26.1 Å². The molecule has 5 heteroatoms. The highest BCUT2D eigenvalue weighted by Gasteiger charge is 2.32. The van der Waals surface area contributed by atoms with Gasteiger partial charge in [0.05, 0.1) is 7.11 Å². The SMILES string of the molecule is CNC(C)(CSc1ccncc1)C(=O)OC. The molecular weight excluding hydrogens is 224 g/mol. The second-order valence-electron chi connectivity index (χ2n) is 3.55. The lowest BCUT2D eigenvalue weighted by Gasteiger charge is -2.25. The van der Waals surface area contributed by atoms with Gasteiger partial charge in [-0.15, -0.1) is 11.8 Å². The van der Waals surface area contributed by atoms with Crippen LogP contribution in [0.25, 0.3) is 0 Å². The Kier molecular flexibility index (Phi) is 4.76. The van der Waals surface area contributed by atoms with Crippen LogP contribution in [0, 0.1) is 0 Å². The van der Waals surface area contributed by atoms with Crippen LogP contribution in [0.3, 0.4) is 0 Å². The topological polar surface area (TPSA) is 51.2 Å². The highest BCUT2D eigenvalue weighted by atomic mass is 32.2. The number of ether oxygens (including phenoxy) is 1. The lowest BCUT2D eigenvalue weighted by Crippen LogP contribution is -2.50. The molecule has 1 atom stereocenters. The van der Waals surface area contributed by atoms with Gasteiger partial charge in [-0.1, -0.05) is 0 Å². The van der Waals surface area contributed by atoms with E-state index in [-0.39, 0.29) is 5.97 Å². The molecular formula is C11H16N2O2S. The average Bonchev–Trinajstić information content (AvgIpc) is 2.36. The highest BCUT2D eigenvalue weighted by molar-refractivity contribution is 7.99. The smallest absolute Gasteiger partial charge is 0.326 e. The minimum atomic E-state index is -0.664. The molecule has 88 valence electrons. The number of carbonyl (C=O) groups excluding carboxylic acids is 1. The van der Waals surface area contributed by atoms with Crippen LogP contribution in [0.4, 0.5) is 0 Å². The number of likely N-dealkylation sites (N-methyl/N-ethyl adjacent to an activating group) is 1. The molecule has 1 N–H and O–H groups in total. The molecule has 1 heterocycles. The highest BCUT2D eigenvalue weighted by Crippen LogP contribution is 2.22. The standard InChI is InChI=1S/C11H16N2O2S/c1-11(12-2,10(14)15-3)8-16-9-4-6-13-7-5-9/h4-7,12H,8H2,1-3H3. The molecule has 0 bridgehead atoms. The molecule has 0 amide bonds. The van der Waals surface area contributed by atoms with Crippen LogP contribution < -0.4 is 5.32 Å². The van der Waals surface area contributed by atoms with Gasteiger partial charge in [-0.2, -0.15) is 0 Å². The first-order valence-corrected chi connectivity index (χ1v) is 5.91. The van der Waals surface area contributed by atoms with Gasteiger partial charge in [0.15, 0.2) is 0 Å². The summed E-state index contributed by atoms with van der Waals surface area (Å²) < 4.78 is 4.77. The van der Waals surface area contributed by atoms with Gasteiger partial charge in [-0.3, -0.25) is 9.78 Å². The van der Waals surface area contributed by atoms with Crippen molar-refractivity contribution in [2.75, 3.05) is 19.9 Å². The maximum atomic E-state index is 11.6. The lowest BCUT2D eigenvalue weighted by atomic mass is 10.1. The first-order valence-electron chi connectivity index (χ1n) is 4.92. The summed E-state index contributed by atoms with van der Waals surface area (Å²) in [4.78, 5) is 16.6. The molecule has 16 heavy (non-hydrogen) atoms. The van der Waals surface area contributed by atoms with E-state index in [4.69, 9.17) is 4.74 Å². The number of pyridine rings is 1. The second kappa shape index (κ2) is 5.86. The minimum Gasteiger partial charge on any atom is -0.468 e. The molecule has 0 saturated heterocycles. The number of hydrogen-bond acceptors (Lipinski definition) is 5. The van der Waals surface area contributed by atoms with Crippen LogP contribution in [0.15, 0.2) is 29.4 Å². The molecule has 4 nitrogen and oxygen atoms in total. The number of nitrogens with one attached hydrogen (secondary N) is 1. The molecule has 0 aliphatic rings. The van der Waals surface area contributed by atoms with E-state index < -0.39 is 5.54 Å². The van der Waals surface area contributed by atoms with Crippen molar-refractivity contribution < 1.29 is 9.53 Å². The monoisotopic (exact) mass is 240 g/mol. The zero-order chi connectivity index (χ0) is 12.0. The summed E-state index contributed by atoms with van der Waals surface area (Å²) in [6.45, 7) is 1.83. The number of thioether (sulfide) groups is 1. The van der Waals surface area contributed by atoms with Crippen molar-refractivity contribution >= 4 is 17.7 Å². The summed E-state index contributed by atoms with van der Waals surface area (Å²) in [7, 11) is 3.15. The molecule has 0 fully saturated rings. The Morgan fingerprint density at radius 3 is 2.69 bits per heavy atom. The molecule has 1 unspecified atom stereocenters. The van der Waals surface area contributed by atoms with Gasteiger partial charge in [0.25, 0.3) is 0 Å². The van der Waals surface area contributed by atoms with Gasteiger partial charge < -0.3 is 10.1 Å². The van der Waals surface area contributed by atoms with Crippen LogP contribution in [0.5, 0.6) is 0 Å². The average molecular weight is 240 g/mol. The number of hydrogen-bond donors (Lipinski definition) is 1. The van der Waals surface area contributed by atoms with Gasteiger partial charge in [0.2, 0.25) is 0 Å². The van der Waals surface area contributed by atoms with Crippen molar-refractivity contribution in [1.82, 2.24) is 10.3 Å². The third-order valence-electron chi connectivity index (χ3n) is 2.36. The number of rotatable bonds is 5. The van der Waals surface area contributed by atoms with E-state index >= 15 is 0 Å². The molecule has 0 spiro atoms. The Labute approximate surface area is 99.8 Å². The molecule has 0 aliphatic heterocycles. The maximum Gasteiger partial charge on any atom is 0.326 e. The third-order valence-corrected chi connectivity index (χ3v) is 3.69. The summed E-state index contributed by atoms with van der Waals surface area (Å²) in [5.74, 6) is 0.358. The van der Waals surface area contributed by atoms with Gasteiger partial charge >= 0.3 is 5.97 Å². The van der Waals surface area contributed by atoms with E-state index in [1.165, 1.54) is 7.11 Å². The largest absolute Gasteiger partial charge is 0.468 e. The number of methoxy groups -OCH3 is 1. The van der Waals surface area contributed by atoms with E-state index in [1.54, 1.807) is 31.2 Å². The number of carbonyl (C=O) groups is 1. The summed E-state index contributed by atoms with van der Waals surface area (Å²) in [5.41, 5.74) is -0.664. The van der Waals surface area contributed by atoms with Crippen molar-refractivity contribution in [3.63, 3.8) is 0 Å². The van der Waals surface area contributed by atoms with Crippen LogP contribution in [0.1, 0.15) is 6.92 Å². The number of esters is 1. The zero-order valence-corrected chi connectivity index (χ0v) is 10.5. The summed E-state index contributed by atoms with van der Waals surface area (Å²) in [5, 5.41) is 2.99. The molecule has 0 radical (unpaired) electrons. The molecule has 0 saturated carbocycles. The van der Waals surface area contributed by atoms with Crippen molar-refractivity contribution in [2.45, 2.75) is 17.4 Å². The summed E-state index contributed by atoms with van der Waals surface area (Å²) in [6, 6.07) is 3.83. The lowest BCUT2D eigenvalue weighted by molar-refractivity contribution is -0.146. The molecule has 1 aromatic rings. The van der Waals surface area contributed by atoms with E-state index in [0.29, 0.717) is 5.75 Å². The van der Waals surface area contributed by atoms with Crippen molar-refractivity contribution in [3.05, 3.63) is 24.5 Å². The van der Waals surface area contributed by atoms with Gasteiger partial charge in [0, 0.05) is 23.0 Å². The minimum absolute atomic E-state index is 0.253. The second-order valence-corrected chi connectivity index (χ2v) is 4.59. The van der Waals surface area contributed by atoms with E-state index in [1.807, 2.05) is 19.1 Å². The predicted octanol–water partition coefficient (Wildman–Crippen LogP) is 1.32. The predicted molar refractivity (Wildman–Crippen MR) is 64.4 cm³/mol. The quantitative estimate of drug-likeness (QED) is 0.621. The van der Waals surface area contributed by atoms with Crippen LogP contribution in [-0.2, 0) is 9.53 Å². The van der Waals surface area contributed by atoms with Crippen LogP contribution in [-0.4, -0.2) is 36.4 Å². The maximum absolute atomic E-state index is 11.6. The summed E-state index contributed by atoms with van der Waals surface area (Å²) in [6.07, 6.45) is 3.47. The van der Waals surface area contributed by atoms with E-state index in [2.05, 4.69) is 10.3 Å². The van der Waals surface area contributed by atoms with Gasteiger partial charge in [-0.25, -0.2) is 0 Å². The molecule has 0 aromatic carbocycles. The fourth-order valence-electron chi connectivity index (χ4n) is 1.12. The third kappa shape index (κ3) is 3.21. The van der Waals surface area contributed by atoms with E-state index in [9.17, 15) is 4.79 Å². The van der Waals surface area contributed by atoms with Crippen LogP contribution >= 0.6 is 11.8 Å². The summed E-state index contributed by atoms with van der Waals surface area (Å²) >= 11 is 1.59. The Bertz CT molecular complexity index is 345. The first-order chi connectivity index (χ1) is 7.62. The number of nitrogens with zero attached hydrogens (tertiary/aromatic N) is 1.